The van der Waals surface area contributed by atoms with Gasteiger partial charge in [0.15, 0.2) is 0 Å². The van der Waals surface area contributed by atoms with Gasteiger partial charge < -0.3 is 20.4 Å². The van der Waals surface area contributed by atoms with E-state index in [0.717, 1.165) is 16.7 Å². The van der Waals surface area contributed by atoms with Gasteiger partial charge in [-0.25, -0.2) is 0 Å². The summed E-state index contributed by atoms with van der Waals surface area (Å²) in [5, 5.41) is 22.5. The zero-order valence-corrected chi connectivity index (χ0v) is 16.4. The molecular weight excluding hydrogens is 384 g/mol. The number of amides is 2. The summed E-state index contributed by atoms with van der Waals surface area (Å²) in [5.74, 6) is -2.47. The van der Waals surface area contributed by atoms with Crippen LogP contribution in [0.15, 0.2) is 54.6 Å². The van der Waals surface area contributed by atoms with E-state index >= 15 is 0 Å². The molecule has 0 unspecified atom stereocenters. The van der Waals surface area contributed by atoms with Crippen LogP contribution in [-0.4, -0.2) is 51.6 Å². The third kappa shape index (κ3) is 3.93. The number of aliphatic carboxylic acids is 1. The minimum Gasteiger partial charge on any atom is -0.481 e. The molecule has 2 aromatic rings. The van der Waals surface area contributed by atoms with Gasteiger partial charge in [0.2, 0.25) is 11.8 Å². The van der Waals surface area contributed by atoms with Crippen LogP contribution in [-0.2, 0) is 27.2 Å². The highest BCUT2D eigenvalue weighted by Gasteiger charge is 2.44. The highest BCUT2D eigenvalue weighted by molar-refractivity contribution is 5.91. The van der Waals surface area contributed by atoms with Crippen molar-refractivity contribution in [2.24, 2.45) is 5.92 Å². The number of nitrogens with zero attached hydrogens (tertiary/aromatic N) is 1. The number of rotatable bonds is 5. The number of hydrogen-bond acceptors (Lipinski definition) is 4. The predicted octanol–water partition coefficient (Wildman–Crippen LogP) is 1.31. The Labute approximate surface area is 174 Å². The largest absolute Gasteiger partial charge is 0.481 e. The molecule has 0 bridgehead atoms. The number of benzene rings is 2. The van der Waals surface area contributed by atoms with Crippen molar-refractivity contribution in [1.29, 1.82) is 0 Å². The van der Waals surface area contributed by atoms with Crippen LogP contribution in [0.4, 0.5) is 0 Å². The lowest BCUT2D eigenvalue weighted by atomic mass is 9.94. The maximum Gasteiger partial charge on any atom is 0.308 e. The van der Waals surface area contributed by atoms with Crippen molar-refractivity contribution >= 4 is 17.8 Å². The van der Waals surface area contributed by atoms with E-state index in [1.165, 1.54) is 0 Å². The van der Waals surface area contributed by atoms with E-state index in [9.17, 15) is 24.6 Å². The zero-order valence-electron chi connectivity index (χ0n) is 16.4. The Balaban J connectivity index is 1.54. The summed E-state index contributed by atoms with van der Waals surface area (Å²) in [6.07, 6.45) is -0.462. The fourth-order valence-electron chi connectivity index (χ4n) is 4.42. The first-order chi connectivity index (χ1) is 14.4. The number of nitrogens with one attached hydrogen (secondary N) is 1. The average Bonchev–Trinajstić information content (AvgIpc) is 3.15. The molecule has 1 fully saturated rings. The number of carbonyl (C=O) groups is 3. The summed E-state index contributed by atoms with van der Waals surface area (Å²) in [7, 11) is 0. The Kier molecular flexibility index (Phi) is 5.55. The topological polar surface area (TPSA) is 107 Å². The minimum absolute atomic E-state index is 0.117. The summed E-state index contributed by atoms with van der Waals surface area (Å²) in [6, 6.07) is 15.6. The second-order valence-electron chi connectivity index (χ2n) is 7.95. The summed E-state index contributed by atoms with van der Waals surface area (Å²) >= 11 is 0. The molecule has 2 heterocycles. The van der Waals surface area contributed by atoms with Crippen LogP contribution in [0.25, 0.3) is 0 Å². The van der Waals surface area contributed by atoms with Crippen LogP contribution in [0.3, 0.4) is 0 Å². The number of aliphatic hydroxyl groups excluding tert-OH is 1. The van der Waals surface area contributed by atoms with Crippen LogP contribution in [0.5, 0.6) is 0 Å². The van der Waals surface area contributed by atoms with Crippen molar-refractivity contribution in [2.45, 2.75) is 37.5 Å². The van der Waals surface area contributed by atoms with Crippen molar-refractivity contribution < 1.29 is 24.6 Å². The van der Waals surface area contributed by atoms with E-state index in [-0.39, 0.29) is 24.9 Å². The predicted molar refractivity (Wildman–Crippen MR) is 108 cm³/mol. The van der Waals surface area contributed by atoms with Gasteiger partial charge in [-0.2, -0.15) is 0 Å². The summed E-state index contributed by atoms with van der Waals surface area (Å²) in [5.41, 5.74) is 2.66. The molecule has 7 heteroatoms. The minimum atomic E-state index is -1.28. The molecule has 0 spiro atoms. The molecule has 156 valence electrons. The van der Waals surface area contributed by atoms with Crippen LogP contribution in [0.2, 0.25) is 0 Å². The van der Waals surface area contributed by atoms with E-state index in [4.69, 9.17) is 0 Å². The second kappa shape index (κ2) is 8.28. The van der Waals surface area contributed by atoms with Gasteiger partial charge in [0.25, 0.3) is 0 Å². The Morgan fingerprint density at radius 3 is 2.53 bits per heavy atom. The molecule has 4 atom stereocenters. The lowest BCUT2D eigenvalue weighted by Crippen LogP contribution is -2.51. The van der Waals surface area contributed by atoms with Crippen LogP contribution < -0.4 is 5.32 Å². The fraction of sp³-hybridized carbons (Fsp3) is 0.348. The number of carbonyl (C=O) groups excluding carboxylic acids is 2. The van der Waals surface area contributed by atoms with Gasteiger partial charge >= 0.3 is 5.97 Å². The quantitative estimate of drug-likeness (QED) is 0.692. The second-order valence-corrected chi connectivity index (χ2v) is 7.95. The van der Waals surface area contributed by atoms with E-state index in [0.29, 0.717) is 12.8 Å². The van der Waals surface area contributed by atoms with Gasteiger partial charge in [-0.1, -0.05) is 54.6 Å². The molecule has 2 aromatic carbocycles. The first-order valence-corrected chi connectivity index (χ1v) is 10.1. The first kappa shape index (κ1) is 20.1. The Hall–Kier alpha value is -3.19. The molecule has 1 saturated heterocycles. The Bertz CT molecular complexity index is 961. The van der Waals surface area contributed by atoms with Crippen molar-refractivity contribution in [3.05, 3.63) is 71.3 Å². The lowest BCUT2D eigenvalue weighted by molar-refractivity contribution is -0.142. The van der Waals surface area contributed by atoms with Crippen molar-refractivity contribution in [2.75, 3.05) is 6.54 Å². The number of carboxylic acid groups (broad SMARTS) is 1. The van der Waals surface area contributed by atoms with Crippen molar-refractivity contribution in [3.8, 4) is 0 Å². The molecule has 4 rings (SSSR count). The molecule has 0 radical (unpaired) electrons. The van der Waals surface area contributed by atoms with Crippen molar-refractivity contribution in [1.82, 2.24) is 10.2 Å². The van der Waals surface area contributed by atoms with E-state index < -0.39 is 29.9 Å². The molecule has 0 aliphatic carbocycles. The number of fused-ring (bicyclic) bond motifs is 3. The van der Waals surface area contributed by atoms with Gasteiger partial charge in [0, 0.05) is 19.4 Å². The van der Waals surface area contributed by atoms with Gasteiger partial charge in [0.05, 0.1) is 12.0 Å². The van der Waals surface area contributed by atoms with Crippen LogP contribution in [0.1, 0.15) is 29.2 Å². The average molecular weight is 408 g/mol. The smallest absolute Gasteiger partial charge is 0.308 e. The van der Waals surface area contributed by atoms with Crippen molar-refractivity contribution in [3.63, 3.8) is 0 Å². The third-order valence-electron chi connectivity index (χ3n) is 5.96. The van der Waals surface area contributed by atoms with Gasteiger partial charge in [-0.05, 0) is 23.1 Å². The summed E-state index contributed by atoms with van der Waals surface area (Å²) < 4.78 is 0. The normalized spacial score (nSPS) is 23.8. The molecular formula is C23H24N2O5. The third-order valence-corrected chi connectivity index (χ3v) is 5.96. The molecule has 7 nitrogen and oxygen atoms in total. The SMILES string of the molecule is O=C(O)[C@@H]1C[C@H]2c3ccccc3C[C@H](NC(=O)[C@@H](O)Cc3ccccc3)C(=O)N2C1. The molecule has 30 heavy (non-hydrogen) atoms. The van der Waals surface area contributed by atoms with Gasteiger partial charge in [-0.3, -0.25) is 14.4 Å². The Morgan fingerprint density at radius 2 is 1.80 bits per heavy atom. The molecule has 2 aliphatic heterocycles. The monoisotopic (exact) mass is 408 g/mol. The van der Waals surface area contributed by atoms with E-state index in [2.05, 4.69) is 5.32 Å². The zero-order chi connectivity index (χ0) is 21.3. The Morgan fingerprint density at radius 1 is 1.10 bits per heavy atom. The van der Waals surface area contributed by atoms with E-state index in [1.54, 1.807) is 4.90 Å². The van der Waals surface area contributed by atoms with Gasteiger partial charge in [-0.15, -0.1) is 0 Å². The molecule has 0 saturated carbocycles. The molecule has 2 aliphatic rings. The number of aliphatic hydroxyl groups is 1. The van der Waals surface area contributed by atoms with E-state index in [1.807, 2.05) is 54.6 Å². The summed E-state index contributed by atoms with van der Waals surface area (Å²) in [4.78, 5) is 38.9. The maximum absolute atomic E-state index is 13.2. The fourth-order valence-corrected chi connectivity index (χ4v) is 4.42. The molecule has 2 amide bonds. The molecule has 3 N–H and O–H groups in total. The van der Waals surface area contributed by atoms with Crippen LogP contribution >= 0.6 is 0 Å². The lowest BCUT2D eigenvalue weighted by Gasteiger charge is -2.26. The highest BCUT2D eigenvalue weighted by Crippen LogP contribution is 2.40. The molecule has 0 aromatic heterocycles. The van der Waals surface area contributed by atoms with Crippen LogP contribution in [0, 0.1) is 5.92 Å². The maximum atomic E-state index is 13.2. The number of carboxylic acids is 1. The van der Waals surface area contributed by atoms with Gasteiger partial charge in [0.1, 0.15) is 12.1 Å². The highest BCUT2D eigenvalue weighted by atomic mass is 16.4. The number of hydrogen-bond donors (Lipinski definition) is 3. The summed E-state index contributed by atoms with van der Waals surface area (Å²) in [6.45, 7) is 0.117. The first-order valence-electron chi connectivity index (χ1n) is 10.1. The standard InChI is InChI=1S/C23H24N2O5/c26-20(10-14-6-2-1-3-7-14)21(27)24-18-11-15-8-4-5-9-17(15)19-12-16(23(29)30)13-25(19)22(18)28/h1-9,16,18-20,26H,10-13H2,(H,24,27)(H,29,30)/t16-,18+,19+,20+/m1/s1.